The second-order valence-corrected chi connectivity index (χ2v) is 9.09. The minimum Gasteiger partial charge on any atom is -0.495 e. The van der Waals surface area contributed by atoms with Crippen molar-refractivity contribution in [3.05, 3.63) is 70.6 Å². The van der Waals surface area contributed by atoms with Crippen molar-refractivity contribution >= 4 is 43.2 Å². The van der Waals surface area contributed by atoms with Gasteiger partial charge in [-0.1, -0.05) is 6.07 Å². The lowest BCUT2D eigenvalue weighted by Crippen LogP contribution is -2.16. The van der Waals surface area contributed by atoms with E-state index in [1.54, 1.807) is 36.6 Å². The lowest BCUT2D eigenvalue weighted by molar-refractivity contribution is -0.116. The molecule has 0 radical (unpaired) electrons. The summed E-state index contributed by atoms with van der Waals surface area (Å²) in [6.07, 6.45) is 2.20. The Kier molecular flexibility index (Phi) is 6.84. The summed E-state index contributed by atoms with van der Waals surface area (Å²) in [4.78, 5) is 12.2. The minimum absolute atomic E-state index is 0.0813. The number of hydrogen-bond donors (Lipinski definition) is 2. The summed E-state index contributed by atoms with van der Waals surface area (Å²) in [6.45, 7) is 1.86. The molecule has 7 nitrogen and oxygen atoms in total. The van der Waals surface area contributed by atoms with Crippen LogP contribution in [0.2, 0.25) is 0 Å². The van der Waals surface area contributed by atoms with E-state index in [-0.39, 0.29) is 23.0 Å². The summed E-state index contributed by atoms with van der Waals surface area (Å²) >= 11 is 3.35. The predicted molar refractivity (Wildman–Crippen MR) is 118 cm³/mol. The molecule has 0 atom stereocenters. The number of methoxy groups -OCH3 is 1. The van der Waals surface area contributed by atoms with E-state index < -0.39 is 10.0 Å². The maximum Gasteiger partial charge on any atom is 0.265 e. The second-order valence-electron chi connectivity index (χ2n) is 6.58. The van der Waals surface area contributed by atoms with E-state index in [1.165, 1.54) is 19.2 Å². The number of aryl methyl sites for hydroxylation is 2. The van der Waals surface area contributed by atoms with Crippen LogP contribution < -0.4 is 14.8 Å². The molecule has 1 heterocycles. The quantitative estimate of drug-likeness (QED) is 0.473. The number of sulfonamides is 1. The first-order chi connectivity index (χ1) is 14.3. The lowest BCUT2D eigenvalue weighted by atomic mass is 10.2. The minimum atomic E-state index is -3.97. The number of anilines is 2. The van der Waals surface area contributed by atoms with E-state index >= 15 is 0 Å². The molecule has 0 saturated heterocycles. The Balaban J connectivity index is 1.81. The number of furan rings is 1. The van der Waals surface area contributed by atoms with Gasteiger partial charge in [-0.3, -0.25) is 9.52 Å². The highest BCUT2D eigenvalue weighted by molar-refractivity contribution is 9.10. The van der Waals surface area contributed by atoms with Gasteiger partial charge in [-0.15, -0.1) is 0 Å². The largest absolute Gasteiger partial charge is 0.495 e. The molecule has 2 N–H and O–H groups in total. The fourth-order valence-corrected chi connectivity index (χ4v) is 4.54. The molecule has 2 aromatic carbocycles. The van der Waals surface area contributed by atoms with Crippen LogP contribution in [0.5, 0.6) is 5.75 Å². The van der Waals surface area contributed by atoms with Crippen LogP contribution in [0.4, 0.5) is 11.4 Å². The number of benzene rings is 2. The first-order valence-corrected chi connectivity index (χ1v) is 11.4. The Morgan fingerprint density at radius 3 is 2.67 bits per heavy atom. The number of hydrogen-bond acceptors (Lipinski definition) is 5. The molecule has 158 valence electrons. The highest BCUT2D eigenvalue weighted by atomic mass is 79.9. The summed E-state index contributed by atoms with van der Waals surface area (Å²) in [5.74, 6) is 0.616. The van der Waals surface area contributed by atoms with E-state index in [4.69, 9.17) is 9.15 Å². The number of amides is 1. The second kappa shape index (κ2) is 9.36. The molecule has 3 rings (SSSR count). The van der Waals surface area contributed by atoms with Crippen LogP contribution in [0.25, 0.3) is 0 Å². The molecule has 1 aromatic heterocycles. The number of nitrogens with one attached hydrogen (secondary N) is 2. The number of halogens is 1. The maximum absolute atomic E-state index is 13.0. The summed E-state index contributed by atoms with van der Waals surface area (Å²) in [5.41, 5.74) is 1.66. The van der Waals surface area contributed by atoms with Gasteiger partial charge in [0, 0.05) is 23.0 Å². The smallest absolute Gasteiger partial charge is 0.265 e. The monoisotopic (exact) mass is 492 g/mol. The van der Waals surface area contributed by atoms with Crippen molar-refractivity contribution in [2.45, 2.75) is 24.7 Å². The zero-order chi connectivity index (χ0) is 21.7. The van der Waals surface area contributed by atoms with Gasteiger partial charge in [-0.05, 0) is 70.9 Å². The molecule has 0 aliphatic heterocycles. The van der Waals surface area contributed by atoms with Crippen LogP contribution in [-0.4, -0.2) is 21.4 Å². The van der Waals surface area contributed by atoms with Crippen molar-refractivity contribution in [3.63, 3.8) is 0 Å². The van der Waals surface area contributed by atoms with Gasteiger partial charge in [0.25, 0.3) is 10.0 Å². The van der Waals surface area contributed by atoms with E-state index in [1.807, 2.05) is 13.0 Å². The fraction of sp³-hybridized carbons (Fsp3) is 0.190. The Morgan fingerprint density at radius 1 is 1.17 bits per heavy atom. The molecule has 30 heavy (non-hydrogen) atoms. The molecule has 1 amide bonds. The molecule has 0 aliphatic rings. The first-order valence-electron chi connectivity index (χ1n) is 9.08. The van der Waals surface area contributed by atoms with Gasteiger partial charge >= 0.3 is 0 Å². The number of rotatable bonds is 8. The molecule has 0 saturated carbocycles. The van der Waals surface area contributed by atoms with Crippen molar-refractivity contribution in [2.24, 2.45) is 0 Å². The van der Waals surface area contributed by atoms with E-state index in [0.717, 1.165) is 5.56 Å². The Morgan fingerprint density at radius 2 is 1.97 bits per heavy atom. The highest BCUT2D eigenvalue weighted by Gasteiger charge is 2.22. The number of carbonyl (C=O) groups excluding carboxylic acids is 1. The van der Waals surface area contributed by atoms with Crippen LogP contribution in [0.15, 0.2) is 68.6 Å². The van der Waals surface area contributed by atoms with Gasteiger partial charge in [-0.25, -0.2) is 8.42 Å². The topological polar surface area (TPSA) is 97.6 Å². The summed E-state index contributed by atoms with van der Waals surface area (Å²) in [6, 6.07) is 13.4. The maximum atomic E-state index is 13.0. The molecule has 0 aliphatic carbocycles. The predicted octanol–water partition coefficient (Wildman–Crippen LogP) is 4.73. The van der Waals surface area contributed by atoms with Crippen molar-refractivity contribution < 1.29 is 22.4 Å². The van der Waals surface area contributed by atoms with Gasteiger partial charge in [0.1, 0.15) is 16.4 Å². The highest BCUT2D eigenvalue weighted by Crippen LogP contribution is 2.31. The van der Waals surface area contributed by atoms with Gasteiger partial charge in [0.2, 0.25) is 5.91 Å². The van der Waals surface area contributed by atoms with E-state index in [9.17, 15) is 13.2 Å². The molecule has 0 fully saturated rings. The van der Waals surface area contributed by atoms with Gasteiger partial charge in [0.05, 0.1) is 19.1 Å². The molecule has 0 bridgehead atoms. The number of ether oxygens (including phenoxy) is 1. The Hall–Kier alpha value is -2.78. The van der Waals surface area contributed by atoms with E-state index in [2.05, 4.69) is 26.0 Å². The lowest BCUT2D eigenvalue weighted by Gasteiger charge is -2.15. The van der Waals surface area contributed by atoms with Crippen LogP contribution in [0.1, 0.15) is 17.7 Å². The number of carbonyl (C=O) groups is 1. The molecule has 0 spiro atoms. The molecule has 9 heteroatoms. The van der Waals surface area contributed by atoms with Crippen molar-refractivity contribution in [1.29, 1.82) is 0 Å². The standard InChI is InChI=1S/C21H21BrN2O5S/c1-14-5-8-17(22)18(12-14)24-30(26,27)20-13-15(6-9-19(20)28-2)23-21(25)10-7-16-4-3-11-29-16/h3-6,8-9,11-13,24H,7,10H2,1-2H3,(H,23,25). The zero-order valence-corrected chi connectivity index (χ0v) is 18.8. The Bertz CT molecular complexity index is 1140. The third kappa shape index (κ3) is 5.43. The van der Waals surface area contributed by atoms with Gasteiger partial charge in [-0.2, -0.15) is 0 Å². The summed E-state index contributed by atoms with van der Waals surface area (Å²) in [5, 5.41) is 2.71. The van der Waals surface area contributed by atoms with Crippen LogP contribution in [0.3, 0.4) is 0 Å². The average molecular weight is 493 g/mol. The van der Waals surface area contributed by atoms with Gasteiger partial charge in [0.15, 0.2) is 0 Å². The molecule has 3 aromatic rings. The average Bonchev–Trinajstić information content (AvgIpc) is 3.23. The van der Waals surface area contributed by atoms with Crippen molar-refractivity contribution in [3.8, 4) is 5.75 Å². The summed E-state index contributed by atoms with van der Waals surface area (Å²) in [7, 11) is -2.59. The zero-order valence-electron chi connectivity index (χ0n) is 16.4. The normalized spacial score (nSPS) is 11.2. The first kappa shape index (κ1) is 21.9. The molecule has 0 unspecified atom stereocenters. The van der Waals surface area contributed by atoms with Crippen molar-refractivity contribution in [2.75, 3.05) is 17.1 Å². The van der Waals surface area contributed by atoms with Crippen LogP contribution >= 0.6 is 15.9 Å². The Labute approximate surface area is 183 Å². The van der Waals surface area contributed by atoms with Crippen LogP contribution in [0, 0.1) is 6.92 Å². The third-order valence-electron chi connectivity index (χ3n) is 4.28. The van der Waals surface area contributed by atoms with Crippen LogP contribution in [-0.2, 0) is 21.2 Å². The summed E-state index contributed by atoms with van der Waals surface area (Å²) < 4.78 is 39.7. The molecular weight excluding hydrogens is 472 g/mol. The fourth-order valence-electron chi connectivity index (χ4n) is 2.80. The molecular formula is C21H21BrN2O5S. The van der Waals surface area contributed by atoms with Crippen molar-refractivity contribution in [1.82, 2.24) is 0 Å². The van der Waals surface area contributed by atoms with Gasteiger partial charge < -0.3 is 14.5 Å². The third-order valence-corrected chi connectivity index (χ3v) is 6.36. The SMILES string of the molecule is COc1ccc(NC(=O)CCc2ccco2)cc1S(=O)(=O)Nc1cc(C)ccc1Br. The van der Waals surface area contributed by atoms with E-state index in [0.29, 0.717) is 28.0 Å².